The Balaban J connectivity index is 2.78. The van der Waals surface area contributed by atoms with Gasteiger partial charge < -0.3 is 9.47 Å². The molecule has 0 aliphatic carbocycles. The first-order chi connectivity index (χ1) is 7.65. The van der Waals surface area contributed by atoms with Crippen LogP contribution in [0.4, 0.5) is 0 Å². The summed E-state index contributed by atoms with van der Waals surface area (Å²) in [6, 6.07) is 7.87. The van der Waals surface area contributed by atoms with E-state index in [9.17, 15) is 0 Å². The SMILES string of the molecule is [2H]c1cc(Br)cc2cc(OC)c(OC)cc12. The number of rotatable bonds is 2. The van der Waals surface area contributed by atoms with Gasteiger partial charge in [-0.1, -0.05) is 22.0 Å². The molecule has 0 bridgehead atoms. The number of ether oxygens (including phenoxy) is 2. The largest absolute Gasteiger partial charge is 0.493 e. The van der Waals surface area contributed by atoms with Crippen molar-refractivity contribution in [2.24, 2.45) is 0 Å². The van der Waals surface area contributed by atoms with Crippen LogP contribution >= 0.6 is 15.9 Å². The molecule has 0 saturated heterocycles. The van der Waals surface area contributed by atoms with E-state index in [0.29, 0.717) is 17.5 Å². The lowest BCUT2D eigenvalue weighted by Gasteiger charge is -2.09. The van der Waals surface area contributed by atoms with E-state index in [-0.39, 0.29) is 0 Å². The molecule has 0 atom stereocenters. The van der Waals surface area contributed by atoms with Gasteiger partial charge in [-0.2, -0.15) is 0 Å². The first-order valence-electron chi connectivity index (χ1n) is 4.97. The molecule has 0 unspecified atom stereocenters. The van der Waals surface area contributed by atoms with Crippen molar-refractivity contribution < 1.29 is 10.8 Å². The summed E-state index contributed by atoms with van der Waals surface area (Å²) in [6.45, 7) is 0. The third-order valence-electron chi connectivity index (χ3n) is 2.21. The highest BCUT2D eigenvalue weighted by atomic mass is 79.9. The average molecular weight is 268 g/mol. The van der Waals surface area contributed by atoms with E-state index in [1.807, 2.05) is 18.2 Å². The predicted molar refractivity (Wildman–Crippen MR) is 64.8 cm³/mol. The maximum absolute atomic E-state index is 7.88. The third-order valence-corrected chi connectivity index (χ3v) is 2.67. The van der Waals surface area contributed by atoms with Crippen molar-refractivity contribution in [2.75, 3.05) is 14.2 Å². The number of fused-ring (bicyclic) bond motifs is 1. The first kappa shape index (κ1) is 9.04. The Bertz CT molecular complexity index is 540. The molecule has 2 rings (SSSR count). The lowest BCUT2D eigenvalue weighted by Crippen LogP contribution is -1.90. The van der Waals surface area contributed by atoms with E-state index < -0.39 is 0 Å². The minimum atomic E-state index is 0.463. The van der Waals surface area contributed by atoms with Gasteiger partial charge in [-0.15, -0.1) is 0 Å². The van der Waals surface area contributed by atoms with E-state index in [1.165, 1.54) is 0 Å². The van der Waals surface area contributed by atoms with Gasteiger partial charge in [0.25, 0.3) is 0 Å². The smallest absolute Gasteiger partial charge is 0.161 e. The van der Waals surface area contributed by atoms with Gasteiger partial charge in [0, 0.05) is 4.47 Å². The van der Waals surface area contributed by atoms with Crippen LogP contribution in [0.15, 0.2) is 34.8 Å². The number of halogens is 1. The molecule has 2 aromatic carbocycles. The quantitative estimate of drug-likeness (QED) is 0.828. The van der Waals surface area contributed by atoms with Gasteiger partial charge in [-0.05, 0) is 35.0 Å². The number of methoxy groups -OCH3 is 2. The Morgan fingerprint density at radius 3 is 2.27 bits per heavy atom. The highest BCUT2D eigenvalue weighted by Gasteiger charge is 2.05. The van der Waals surface area contributed by atoms with Gasteiger partial charge >= 0.3 is 0 Å². The molecule has 0 heterocycles. The molecule has 0 radical (unpaired) electrons. The van der Waals surface area contributed by atoms with Crippen molar-refractivity contribution in [3.05, 3.63) is 34.8 Å². The highest BCUT2D eigenvalue weighted by Crippen LogP contribution is 2.33. The van der Waals surface area contributed by atoms with Crippen molar-refractivity contribution >= 4 is 26.7 Å². The summed E-state index contributed by atoms with van der Waals surface area (Å²) in [4.78, 5) is 0. The molecule has 0 aliphatic rings. The summed E-state index contributed by atoms with van der Waals surface area (Å²) in [5.74, 6) is 1.32. The molecule has 0 saturated carbocycles. The molecule has 0 fully saturated rings. The van der Waals surface area contributed by atoms with Crippen LogP contribution in [-0.2, 0) is 0 Å². The summed E-state index contributed by atoms with van der Waals surface area (Å²) >= 11 is 3.37. The van der Waals surface area contributed by atoms with Crippen molar-refractivity contribution in [3.63, 3.8) is 0 Å². The van der Waals surface area contributed by atoms with Crippen LogP contribution in [0.1, 0.15) is 1.37 Å². The Hall–Kier alpha value is -1.22. The molecule has 2 aromatic rings. The zero-order valence-electron chi connectivity index (χ0n) is 9.50. The van der Waals surface area contributed by atoms with E-state index >= 15 is 0 Å². The third kappa shape index (κ3) is 1.92. The van der Waals surface area contributed by atoms with Gasteiger partial charge in [0.1, 0.15) is 0 Å². The van der Waals surface area contributed by atoms with E-state index in [2.05, 4.69) is 15.9 Å². The lowest BCUT2D eigenvalue weighted by molar-refractivity contribution is 0.356. The normalized spacial score (nSPS) is 11.3. The molecule has 0 aliphatic heterocycles. The fourth-order valence-electron chi connectivity index (χ4n) is 1.48. The second kappa shape index (κ2) is 4.11. The van der Waals surface area contributed by atoms with Gasteiger partial charge in [0.05, 0.1) is 15.6 Å². The molecule has 0 aromatic heterocycles. The van der Waals surface area contributed by atoms with Crippen LogP contribution in [0.25, 0.3) is 10.8 Å². The molecule has 78 valence electrons. The molecule has 0 spiro atoms. The molecule has 2 nitrogen and oxygen atoms in total. The summed E-state index contributed by atoms with van der Waals surface area (Å²) in [6.07, 6.45) is 0. The Morgan fingerprint density at radius 1 is 1.07 bits per heavy atom. The van der Waals surface area contributed by atoms with E-state index in [4.69, 9.17) is 10.8 Å². The van der Waals surface area contributed by atoms with Crippen LogP contribution in [0, 0.1) is 0 Å². The van der Waals surface area contributed by atoms with E-state index in [0.717, 1.165) is 15.2 Å². The van der Waals surface area contributed by atoms with Gasteiger partial charge in [0.2, 0.25) is 0 Å². The Kier molecular flexibility index (Phi) is 2.47. The van der Waals surface area contributed by atoms with Crippen molar-refractivity contribution in [1.29, 1.82) is 0 Å². The molecular formula is C12H11BrO2. The van der Waals surface area contributed by atoms with Gasteiger partial charge in [0.15, 0.2) is 11.5 Å². The minimum absolute atomic E-state index is 0.463. The maximum Gasteiger partial charge on any atom is 0.161 e. The van der Waals surface area contributed by atoms with Crippen LogP contribution in [0.2, 0.25) is 0 Å². The molecule has 15 heavy (non-hydrogen) atoms. The van der Waals surface area contributed by atoms with E-state index in [1.54, 1.807) is 20.3 Å². The fourth-order valence-corrected chi connectivity index (χ4v) is 1.84. The summed E-state index contributed by atoms with van der Waals surface area (Å²) in [7, 11) is 3.19. The van der Waals surface area contributed by atoms with Crippen molar-refractivity contribution in [3.8, 4) is 11.5 Å². The van der Waals surface area contributed by atoms with Gasteiger partial charge in [-0.25, -0.2) is 0 Å². The Morgan fingerprint density at radius 2 is 1.67 bits per heavy atom. The van der Waals surface area contributed by atoms with Crippen LogP contribution < -0.4 is 9.47 Å². The van der Waals surface area contributed by atoms with Crippen molar-refractivity contribution in [2.45, 2.75) is 0 Å². The molecule has 0 amide bonds. The summed E-state index contributed by atoms with van der Waals surface area (Å²) in [5.41, 5.74) is 0. The van der Waals surface area contributed by atoms with Crippen LogP contribution in [0.5, 0.6) is 11.5 Å². The molecular weight excluding hydrogens is 256 g/mol. The summed E-state index contributed by atoms with van der Waals surface area (Å²) < 4.78 is 19.2. The summed E-state index contributed by atoms with van der Waals surface area (Å²) in [5, 5.41) is 1.80. The molecule has 0 N–H and O–H groups in total. The van der Waals surface area contributed by atoms with Crippen LogP contribution in [0.3, 0.4) is 0 Å². The second-order valence-corrected chi connectivity index (χ2v) is 4.03. The van der Waals surface area contributed by atoms with Gasteiger partial charge in [-0.3, -0.25) is 0 Å². The zero-order chi connectivity index (χ0) is 11.7. The topological polar surface area (TPSA) is 18.5 Å². The standard InChI is InChI=1S/C12H11BrO2/c1-14-11-6-8-3-4-10(13)5-9(8)7-12(11)15-2/h3-7H,1-2H3/i3D. The number of benzene rings is 2. The number of hydrogen-bond acceptors (Lipinski definition) is 2. The maximum atomic E-state index is 7.88. The van der Waals surface area contributed by atoms with Crippen LogP contribution in [-0.4, -0.2) is 14.2 Å². The number of hydrogen-bond donors (Lipinski definition) is 0. The van der Waals surface area contributed by atoms with Crippen molar-refractivity contribution in [1.82, 2.24) is 0 Å². The zero-order valence-corrected chi connectivity index (χ0v) is 10.1. The Labute approximate surface area is 98.3 Å². The lowest BCUT2D eigenvalue weighted by atomic mass is 10.1. The monoisotopic (exact) mass is 267 g/mol. The molecule has 3 heteroatoms. The predicted octanol–water partition coefficient (Wildman–Crippen LogP) is 3.62. The second-order valence-electron chi connectivity index (χ2n) is 3.11. The first-order valence-corrected chi connectivity index (χ1v) is 5.27. The average Bonchev–Trinajstić information content (AvgIpc) is 2.27. The minimum Gasteiger partial charge on any atom is -0.493 e. The fraction of sp³-hybridized carbons (Fsp3) is 0.167. The highest BCUT2D eigenvalue weighted by molar-refractivity contribution is 9.10.